The van der Waals surface area contributed by atoms with Gasteiger partial charge in [-0.15, -0.1) is 0 Å². The molecule has 1 aliphatic heterocycles. The van der Waals surface area contributed by atoms with Crippen LogP contribution >= 0.6 is 0 Å². The second-order valence-electron chi connectivity index (χ2n) is 6.13. The second-order valence-corrected chi connectivity index (χ2v) is 6.13. The first-order valence-electron chi connectivity index (χ1n) is 8.00. The van der Waals surface area contributed by atoms with E-state index in [2.05, 4.69) is 4.90 Å². The number of aromatic nitrogens is 1. The van der Waals surface area contributed by atoms with Crippen molar-refractivity contribution in [1.82, 2.24) is 9.47 Å². The Balaban J connectivity index is 1.86. The molecule has 0 radical (unpaired) electrons. The Morgan fingerprint density at radius 3 is 2.38 bits per heavy atom. The Kier molecular flexibility index (Phi) is 4.66. The first kappa shape index (κ1) is 16.3. The lowest BCUT2D eigenvalue weighted by molar-refractivity contribution is 0.0697. The number of likely N-dealkylation sites (tertiary alicyclic amines) is 1. The fourth-order valence-electron chi connectivity index (χ4n) is 3.01. The number of carboxylic acids is 1. The molecule has 1 aromatic carbocycles. The van der Waals surface area contributed by atoms with Gasteiger partial charge in [0.25, 0.3) is 0 Å². The number of hydrogen-bond donors (Lipinski definition) is 2. The van der Waals surface area contributed by atoms with E-state index < -0.39 is 5.97 Å². The van der Waals surface area contributed by atoms with Crippen LogP contribution in [0.25, 0.3) is 0 Å². The monoisotopic (exact) mass is 328 g/mol. The molecule has 0 spiro atoms. The lowest BCUT2D eigenvalue weighted by atomic mass is 10.1. The third kappa shape index (κ3) is 3.65. The van der Waals surface area contributed by atoms with Crippen LogP contribution in [0, 0.1) is 0 Å². The lowest BCUT2D eigenvalue weighted by Gasteiger charge is -2.19. The Morgan fingerprint density at radius 2 is 1.75 bits per heavy atom. The van der Waals surface area contributed by atoms with Gasteiger partial charge in [0.05, 0.1) is 11.8 Å². The Bertz CT molecular complexity index is 790. The molecule has 1 aliphatic rings. The van der Waals surface area contributed by atoms with Crippen LogP contribution < -0.4 is 5.43 Å². The van der Waals surface area contributed by atoms with Crippen molar-refractivity contribution in [2.24, 2.45) is 0 Å². The number of rotatable bonds is 5. The SMILES string of the molecule is O=C(O)c1ccc(Cn2cc(O)c(=O)cc2CN2CCCC2)cc1. The molecule has 6 heteroatoms. The van der Waals surface area contributed by atoms with E-state index in [-0.39, 0.29) is 16.7 Å². The van der Waals surface area contributed by atoms with Crippen molar-refractivity contribution in [3.8, 4) is 5.75 Å². The van der Waals surface area contributed by atoms with Crippen LogP contribution in [0.15, 0.2) is 41.3 Å². The summed E-state index contributed by atoms with van der Waals surface area (Å²) >= 11 is 0. The molecular formula is C18H20N2O4. The first-order valence-corrected chi connectivity index (χ1v) is 8.00. The molecule has 6 nitrogen and oxygen atoms in total. The van der Waals surface area contributed by atoms with E-state index in [1.165, 1.54) is 25.1 Å². The molecule has 0 bridgehead atoms. The molecule has 0 aliphatic carbocycles. The first-order chi connectivity index (χ1) is 11.5. The maximum absolute atomic E-state index is 11.8. The fraction of sp³-hybridized carbons (Fsp3) is 0.333. The van der Waals surface area contributed by atoms with Gasteiger partial charge in [-0.3, -0.25) is 9.69 Å². The normalized spacial score (nSPS) is 14.8. The van der Waals surface area contributed by atoms with E-state index in [4.69, 9.17) is 5.11 Å². The van der Waals surface area contributed by atoms with Crippen LogP contribution in [0.1, 0.15) is 34.5 Å². The molecule has 24 heavy (non-hydrogen) atoms. The van der Waals surface area contributed by atoms with Gasteiger partial charge < -0.3 is 14.8 Å². The number of carbonyl (C=O) groups is 1. The van der Waals surface area contributed by atoms with Gasteiger partial charge in [-0.05, 0) is 43.6 Å². The van der Waals surface area contributed by atoms with Crippen LogP contribution in [0.5, 0.6) is 5.75 Å². The van der Waals surface area contributed by atoms with Gasteiger partial charge in [0, 0.05) is 24.8 Å². The van der Waals surface area contributed by atoms with E-state index in [1.54, 1.807) is 24.3 Å². The van der Waals surface area contributed by atoms with Gasteiger partial charge in [-0.25, -0.2) is 4.79 Å². The molecule has 1 fully saturated rings. The highest BCUT2D eigenvalue weighted by Gasteiger charge is 2.15. The van der Waals surface area contributed by atoms with Crippen LogP contribution in [0.3, 0.4) is 0 Å². The zero-order valence-electron chi connectivity index (χ0n) is 13.3. The summed E-state index contributed by atoms with van der Waals surface area (Å²) in [6.45, 7) is 3.17. The standard InChI is InChI=1S/C18H20N2O4/c21-16-9-15(11-19-7-1-2-8-19)20(12-17(16)22)10-13-3-5-14(6-4-13)18(23)24/h3-6,9,12,22H,1-2,7-8,10-11H2,(H,23,24). The summed E-state index contributed by atoms with van der Waals surface area (Å²) in [6.07, 6.45) is 3.79. The largest absolute Gasteiger partial charge is 0.503 e. The van der Waals surface area contributed by atoms with Crippen LogP contribution in [-0.2, 0) is 13.1 Å². The summed E-state index contributed by atoms with van der Waals surface area (Å²) in [4.78, 5) is 25.0. The van der Waals surface area contributed by atoms with Gasteiger partial charge in [-0.2, -0.15) is 0 Å². The fourth-order valence-corrected chi connectivity index (χ4v) is 3.01. The smallest absolute Gasteiger partial charge is 0.335 e. The quantitative estimate of drug-likeness (QED) is 0.876. The summed E-state index contributed by atoms with van der Waals surface area (Å²) in [5.41, 5.74) is 1.62. The van der Waals surface area contributed by atoms with E-state index in [0.717, 1.165) is 24.3 Å². The molecule has 3 rings (SSSR count). The lowest BCUT2D eigenvalue weighted by Crippen LogP contribution is -2.23. The summed E-state index contributed by atoms with van der Waals surface area (Å²) in [5.74, 6) is -1.24. The summed E-state index contributed by atoms with van der Waals surface area (Å²) in [7, 11) is 0. The average Bonchev–Trinajstić information content (AvgIpc) is 3.06. The van der Waals surface area contributed by atoms with Crippen molar-refractivity contribution < 1.29 is 15.0 Å². The zero-order chi connectivity index (χ0) is 17.1. The molecule has 2 N–H and O–H groups in total. The third-order valence-electron chi connectivity index (χ3n) is 4.34. The van der Waals surface area contributed by atoms with E-state index in [9.17, 15) is 14.7 Å². The minimum Gasteiger partial charge on any atom is -0.503 e. The number of benzene rings is 1. The minimum atomic E-state index is -0.961. The van der Waals surface area contributed by atoms with Gasteiger partial charge in [0.2, 0.25) is 5.43 Å². The molecule has 0 atom stereocenters. The highest BCUT2D eigenvalue weighted by atomic mass is 16.4. The van der Waals surface area contributed by atoms with E-state index in [1.807, 2.05) is 4.57 Å². The highest BCUT2D eigenvalue weighted by molar-refractivity contribution is 5.87. The molecule has 1 aromatic heterocycles. The molecule has 0 unspecified atom stereocenters. The van der Waals surface area contributed by atoms with Crippen LogP contribution in [0.4, 0.5) is 0 Å². The summed E-state index contributed by atoms with van der Waals surface area (Å²) in [6, 6.07) is 8.09. The van der Waals surface area contributed by atoms with Crippen molar-refractivity contribution in [2.75, 3.05) is 13.1 Å². The highest BCUT2D eigenvalue weighted by Crippen LogP contribution is 2.15. The third-order valence-corrected chi connectivity index (χ3v) is 4.34. The summed E-state index contributed by atoms with van der Waals surface area (Å²) < 4.78 is 1.85. The summed E-state index contributed by atoms with van der Waals surface area (Å²) in [5, 5.41) is 18.7. The number of pyridine rings is 1. The molecule has 126 valence electrons. The predicted octanol–water partition coefficient (Wildman–Crippen LogP) is 1.90. The maximum Gasteiger partial charge on any atom is 0.335 e. The topological polar surface area (TPSA) is 82.8 Å². The zero-order valence-corrected chi connectivity index (χ0v) is 13.3. The Hall–Kier alpha value is -2.60. The average molecular weight is 328 g/mol. The van der Waals surface area contributed by atoms with Crippen molar-refractivity contribution in [3.05, 3.63) is 63.6 Å². The molecule has 1 saturated heterocycles. The number of aromatic hydroxyl groups is 1. The predicted molar refractivity (Wildman–Crippen MR) is 89.4 cm³/mol. The number of nitrogens with zero attached hydrogens (tertiary/aromatic N) is 2. The van der Waals surface area contributed by atoms with Gasteiger partial charge >= 0.3 is 5.97 Å². The van der Waals surface area contributed by atoms with Gasteiger partial charge in [0.15, 0.2) is 5.75 Å². The maximum atomic E-state index is 11.8. The molecule has 2 heterocycles. The van der Waals surface area contributed by atoms with E-state index in [0.29, 0.717) is 13.1 Å². The number of aromatic carboxylic acids is 1. The van der Waals surface area contributed by atoms with Crippen LogP contribution in [0.2, 0.25) is 0 Å². The number of hydrogen-bond acceptors (Lipinski definition) is 4. The molecule has 0 saturated carbocycles. The minimum absolute atomic E-state index is 0.235. The van der Waals surface area contributed by atoms with Crippen molar-refractivity contribution in [3.63, 3.8) is 0 Å². The van der Waals surface area contributed by atoms with Crippen LogP contribution in [-0.4, -0.2) is 38.7 Å². The second kappa shape index (κ2) is 6.88. The van der Waals surface area contributed by atoms with Crippen molar-refractivity contribution in [1.29, 1.82) is 0 Å². The van der Waals surface area contributed by atoms with Gasteiger partial charge in [0.1, 0.15) is 0 Å². The number of carboxylic acid groups (broad SMARTS) is 1. The van der Waals surface area contributed by atoms with Crippen molar-refractivity contribution in [2.45, 2.75) is 25.9 Å². The molecule has 2 aromatic rings. The van der Waals surface area contributed by atoms with Crippen molar-refractivity contribution >= 4 is 5.97 Å². The Labute approximate surface area is 139 Å². The molecule has 0 amide bonds. The van der Waals surface area contributed by atoms with Gasteiger partial charge in [-0.1, -0.05) is 12.1 Å². The molecular weight excluding hydrogens is 308 g/mol. The Morgan fingerprint density at radius 1 is 1.08 bits per heavy atom. The van der Waals surface area contributed by atoms with E-state index >= 15 is 0 Å².